The van der Waals surface area contributed by atoms with E-state index in [0.29, 0.717) is 12.3 Å². The van der Waals surface area contributed by atoms with E-state index in [1.165, 1.54) is 38.4 Å². The van der Waals surface area contributed by atoms with Gasteiger partial charge in [-0.1, -0.05) is 6.42 Å². The third kappa shape index (κ3) is 4.00. The van der Waals surface area contributed by atoms with Gasteiger partial charge in [0.1, 0.15) is 0 Å². The summed E-state index contributed by atoms with van der Waals surface area (Å²) in [5.74, 6) is -0.159. The molecule has 0 unspecified atom stereocenters. The molecule has 5 heteroatoms. The summed E-state index contributed by atoms with van der Waals surface area (Å²) in [5.41, 5.74) is 7.00. The van der Waals surface area contributed by atoms with Gasteiger partial charge in [-0.3, -0.25) is 0 Å². The van der Waals surface area contributed by atoms with Crippen LogP contribution in [-0.4, -0.2) is 37.7 Å². The van der Waals surface area contributed by atoms with Gasteiger partial charge in [-0.2, -0.15) is 0 Å². The highest BCUT2D eigenvalue weighted by Crippen LogP contribution is 2.28. The molecule has 1 aromatic carbocycles. The number of nitrogens with one attached hydrogen (secondary N) is 1. The number of rotatable bonds is 6. The minimum absolute atomic E-state index is 0.252. The molecule has 0 amide bonds. The number of halogens is 1. The number of benzene rings is 1. The number of hydrogen-bond acceptors (Lipinski definition) is 4. The quantitative estimate of drug-likeness (QED) is 0.787. The zero-order valence-corrected chi connectivity index (χ0v) is 12.1. The Balaban J connectivity index is 1.89. The molecular weight excluding hydrogens is 257 g/mol. The lowest BCUT2D eigenvalue weighted by Crippen LogP contribution is -2.33. The highest BCUT2D eigenvalue weighted by Gasteiger charge is 2.11. The van der Waals surface area contributed by atoms with Gasteiger partial charge in [0.25, 0.3) is 0 Å². The summed E-state index contributed by atoms with van der Waals surface area (Å²) in [6, 6.07) is 2.96. The van der Waals surface area contributed by atoms with Gasteiger partial charge in [0.15, 0.2) is 11.6 Å². The van der Waals surface area contributed by atoms with Crippen molar-refractivity contribution in [3.8, 4) is 5.75 Å². The SMILES string of the molecule is CCOc1cc(NCCN2CCCCC2)c(N)cc1F. The summed E-state index contributed by atoms with van der Waals surface area (Å²) >= 11 is 0. The second kappa shape index (κ2) is 7.33. The molecule has 20 heavy (non-hydrogen) atoms. The van der Waals surface area contributed by atoms with Crippen molar-refractivity contribution < 1.29 is 9.13 Å². The van der Waals surface area contributed by atoms with Gasteiger partial charge < -0.3 is 20.7 Å². The van der Waals surface area contributed by atoms with Crippen LogP contribution in [0.5, 0.6) is 5.75 Å². The van der Waals surface area contributed by atoms with Crippen LogP contribution in [0.25, 0.3) is 0 Å². The Morgan fingerprint density at radius 3 is 2.75 bits per heavy atom. The third-order valence-corrected chi connectivity index (χ3v) is 3.60. The van der Waals surface area contributed by atoms with Gasteiger partial charge in [-0.05, 0) is 32.9 Å². The Morgan fingerprint density at radius 1 is 1.30 bits per heavy atom. The van der Waals surface area contributed by atoms with Crippen LogP contribution >= 0.6 is 0 Å². The second-order valence-electron chi connectivity index (χ2n) is 5.13. The molecule has 0 atom stereocenters. The van der Waals surface area contributed by atoms with E-state index >= 15 is 0 Å². The molecule has 3 N–H and O–H groups in total. The number of hydrogen-bond donors (Lipinski definition) is 2. The second-order valence-corrected chi connectivity index (χ2v) is 5.13. The summed E-state index contributed by atoms with van der Waals surface area (Å²) in [4.78, 5) is 2.44. The van der Waals surface area contributed by atoms with Gasteiger partial charge in [0.05, 0.1) is 18.0 Å². The molecule has 1 aliphatic rings. The number of nitrogens with two attached hydrogens (primary N) is 1. The predicted molar refractivity (Wildman–Crippen MR) is 80.8 cm³/mol. The minimum atomic E-state index is -0.411. The van der Waals surface area contributed by atoms with Crippen LogP contribution < -0.4 is 15.8 Å². The lowest BCUT2D eigenvalue weighted by molar-refractivity contribution is 0.237. The number of nitrogen functional groups attached to an aromatic ring is 1. The first kappa shape index (κ1) is 14.9. The Hall–Kier alpha value is -1.49. The third-order valence-electron chi connectivity index (χ3n) is 3.60. The fourth-order valence-electron chi connectivity index (χ4n) is 2.52. The smallest absolute Gasteiger partial charge is 0.167 e. The molecule has 112 valence electrons. The molecule has 1 fully saturated rings. The molecule has 0 aliphatic carbocycles. The average molecular weight is 281 g/mol. The first-order valence-electron chi connectivity index (χ1n) is 7.38. The van der Waals surface area contributed by atoms with Crippen LogP contribution in [0.3, 0.4) is 0 Å². The Morgan fingerprint density at radius 2 is 2.05 bits per heavy atom. The van der Waals surface area contributed by atoms with Crippen molar-refractivity contribution in [1.82, 2.24) is 4.90 Å². The molecule has 0 saturated carbocycles. The molecule has 1 aromatic rings. The van der Waals surface area contributed by atoms with Gasteiger partial charge in [0, 0.05) is 25.2 Å². The van der Waals surface area contributed by atoms with Crippen LogP contribution in [0.1, 0.15) is 26.2 Å². The summed E-state index contributed by atoms with van der Waals surface area (Å²) < 4.78 is 18.8. The van der Waals surface area contributed by atoms with E-state index in [-0.39, 0.29) is 5.75 Å². The number of anilines is 2. The molecule has 1 aliphatic heterocycles. The summed E-state index contributed by atoms with van der Waals surface area (Å²) in [7, 11) is 0. The summed E-state index contributed by atoms with van der Waals surface area (Å²) in [6.07, 6.45) is 3.91. The van der Waals surface area contributed by atoms with Gasteiger partial charge in [-0.25, -0.2) is 4.39 Å². The minimum Gasteiger partial charge on any atom is -0.491 e. The lowest BCUT2D eigenvalue weighted by Gasteiger charge is -2.26. The van der Waals surface area contributed by atoms with E-state index in [2.05, 4.69) is 10.2 Å². The van der Waals surface area contributed by atoms with Crippen LogP contribution in [0.15, 0.2) is 12.1 Å². The predicted octanol–water partition coefficient (Wildman–Crippen LogP) is 2.70. The zero-order chi connectivity index (χ0) is 14.4. The maximum atomic E-state index is 13.6. The molecule has 4 nitrogen and oxygen atoms in total. The average Bonchev–Trinajstić information content (AvgIpc) is 2.45. The van der Waals surface area contributed by atoms with Crippen molar-refractivity contribution in [2.75, 3.05) is 43.8 Å². The van der Waals surface area contributed by atoms with E-state index in [0.717, 1.165) is 18.8 Å². The summed E-state index contributed by atoms with van der Waals surface area (Å²) in [5, 5.41) is 3.27. The number of likely N-dealkylation sites (tertiary alicyclic amines) is 1. The Bertz CT molecular complexity index is 433. The van der Waals surface area contributed by atoms with Crippen LogP contribution in [0, 0.1) is 5.82 Å². The molecule has 2 rings (SSSR count). The van der Waals surface area contributed by atoms with Crippen molar-refractivity contribution in [3.05, 3.63) is 17.9 Å². The van der Waals surface area contributed by atoms with E-state index in [1.54, 1.807) is 6.07 Å². The van der Waals surface area contributed by atoms with E-state index in [9.17, 15) is 4.39 Å². The Labute approximate surface area is 120 Å². The molecule has 0 bridgehead atoms. The summed E-state index contributed by atoms with van der Waals surface area (Å²) in [6.45, 7) is 6.41. The molecule has 1 heterocycles. The van der Waals surface area contributed by atoms with Gasteiger partial charge >= 0.3 is 0 Å². The van der Waals surface area contributed by atoms with E-state index < -0.39 is 5.82 Å². The van der Waals surface area contributed by atoms with Gasteiger partial charge in [0.2, 0.25) is 0 Å². The van der Waals surface area contributed by atoms with E-state index in [4.69, 9.17) is 10.5 Å². The van der Waals surface area contributed by atoms with Crippen LogP contribution in [0.2, 0.25) is 0 Å². The van der Waals surface area contributed by atoms with Crippen molar-refractivity contribution in [2.24, 2.45) is 0 Å². The van der Waals surface area contributed by atoms with Crippen molar-refractivity contribution >= 4 is 11.4 Å². The topological polar surface area (TPSA) is 50.5 Å². The molecule has 1 saturated heterocycles. The molecule has 0 spiro atoms. The molecule has 0 aromatic heterocycles. The van der Waals surface area contributed by atoms with Crippen molar-refractivity contribution in [3.63, 3.8) is 0 Å². The van der Waals surface area contributed by atoms with Gasteiger partial charge in [-0.15, -0.1) is 0 Å². The maximum Gasteiger partial charge on any atom is 0.167 e. The highest BCUT2D eigenvalue weighted by atomic mass is 19.1. The fraction of sp³-hybridized carbons (Fsp3) is 0.600. The standard InChI is InChI=1S/C15H24FN3O/c1-2-20-15-11-14(13(17)10-12(15)16)18-6-9-19-7-4-3-5-8-19/h10-11,18H,2-9,17H2,1H3. The van der Waals surface area contributed by atoms with Crippen molar-refractivity contribution in [2.45, 2.75) is 26.2 Å². The van der Waals surface area contributed by atoms with E-state index in [1.807, 2.05) is 6.92 Å². The lowest BCUT2D eigenvalue weighted by atomic mass is 10.1. The number of nitrogens with zero attached hydrogens (tertiary/aromatic N) is 1. The fourth-order valence-corrected chi connectivity index (χ4v) is 2.52. The highest BCUT2D eigenvalue weighted by molar-refractivity contribution is 5.68. The molecule has 0 radical (unpaired) electrons. The van der Waals surface area contributed by atoms with Crippen LogP contribution in [0.4, 0.5) is 15.8 Å². The molecular formula is C15H24FN3O. The number of piperidine rings is 1. The Kier molecular flexibility index (Phi) is 5.47. The zero-order valence-electron chi connectivity index (χ0n) is 12.1. The number of ether oxygens (including phenoxy) is 1. The largest absolute Gasteiger partial charge is 0.491 e. The first-order chi connectivity index (χ1) is 9.70. The van der Waals surface area contributed by atoms with Crippen molar-refractivity contribution in [1.29, 1.82) is 0 Å². The monoisotopic (exact) mass is 281 g/mol. The van der Waals surface area contributed by atoms with Crippen LogP contribution in [-0.2, 0) is 0 Å². The first-order valence-corrected chi connectivity index (χ1v) is 7.38. The normalized spacial score (nSPS) is 16.1. The maximum absolute atomic E-state index is 13.6.